The van der Waals surface area contributed by atoms with Gasteiger partial charge in [0, 0.05) is 11.3 Å². The van der Waals surface area contributed by atoms with Crippen molar-refractivity contribution in [2.75, 3.05) is 5.73 Å². The zero-order valence-electron chi connectivity index (χ0n) is 13.1. The van der Waals surface area contributed by atoms with Crippen LogP contribution in [0, 0.1) is 0 Å². The summed E-state index contributed by atoms with van der Waals surface area (Å²) >= 11 is 0. The first-order valence-corrected chi connectivity index (χ1v) is 7.28. The topological polar surface area (TPSA) is 67.5 Å². The van der Waals surface area contributed by atoms with E-state index < -0.39 is 0 Å². The van der Waals surface area contributed by atoms with Crippen LogP contribution in [0.1, 0.15) is 48.2 Å². The van der Waals surface area contributed by atoms with Crippen LogP contribution >= 0.6 is 0 Å². The van der Waals surface area contributed by atoms with Crippen molar-refractivity contribution in [2.45, 2.75) is 26.7 Å². The SMILES string of the molecule is CC(=NNC(=O)c1ccc(C(C)C)cc1)c1ccc(N)cc1. The van der Waals surface area contributed by atoms with Gasteiger partial charge in [-0.3, -0.25) is 4.79 Å². The second kappa shape index (κ2) is 6.89. The van der Waals surface area contributed by atoms with Crippen molar-refractivity contribution < 1.29 is 4.79 Å². The summed E-state index contributed by atoms with van der Waals surface area (Å²) in [5.74, 6) is 0.230. The van der Waals surface area contributed by atoms with Crippen LogP contribution in [0.2, 0.25) is 0 Å². The molecule has 4 heteroatoms. The van der Waals surface area contributed by atoms with Crippen LogP contribution in [0.25, 0.3) is 0 Å². The molecule has 0 bridgehead atoms. The van der Waals surface area contributed by atoms with Gasteiger partial charge in [0.15, 0.2) is 0 Å². The Morgan fingerprint density at radius 1 is 1.00 bits per heavy atom. The van der Waals surface area contributed by atoms with Crippen LogP contribution < -0.4 is 11.2 Å². The van der Waals surface area contributed by atoms with Crippen molar-refractivity contribution >= 4 is 17.3 Å². The highest BCUT2D eigenvalue weighted by atomic mass is 16.2. The van der Waals surface area contributed by atoms with E-state index in [9.17, 15) is 4.79 Å². The summed E-state index contributed by atoms with van der Waals surface area (Å²) < 4.78 is 0. The molecule has 22 heavy (non-hydrogen) atoms. The molecule has 0 spiro atoms. The van der Waals surface area contributed by atoms with Gasteiger partial charge in [-0.15, -0.1) is 0 Å². The number of hydrogen-bond acceptors (Lipinski definition) is 3. The number of amides is 1. The van der Waals surface area contributed by atoms with Crippen LogP contribution in [0.15, 0.2) is 53.6 Å². The van der Waals surface area contributed by atoms with Crippen molar-refractivity contribution in [3.63, 3.8) is 0 Å². The van der Waals surface area contributed by atoms with Crippen molar-refractivity contribution in [3.8, 4) is 0 Å². The van der Waals surface area contributed by atoms with Gasteiger partial charge >= 0.3 is 0 Å². The standard InChI is InChI=1S/C18H21N3O/c1-12(2)14-4-6-16(7-5-14)18(22)21-20-13(3)15-8-10-17(19)11-9-15/h4-12H,19H2,1-3H3,(H,21,22). The summed E-state index contributed by atoms with van der Waals surface area (Å²) in [4.78, 5) is 12.1. The Morgan fingerprint density at radius 3 is 2.09 bits per heavy atom. The van der Waals surface area contributed by atoms with Gasteiger partial charge in [0.25, 0.3) is 5.91 Å². The Morgan fingerprint density at radius 2 is 1.55 bits per heavy atom. The van der Waals surface area contributed by atoms with Gasteiger partial charge in [0.2, 0.25) is 0 Å². The number of nitrogens with one attached hydrogen (secondary N) is 1. The highest BCUT2D eigenvalue weighted by molar-refractivity contribution is 6.01. The Bertz CT molecular complexity index is 670. The molecule has 114 valence electrons. The molecule has 0 saturated heterocycles. The molecule has 0 unspecified atom stereocenters. The predicted octanol–water partition coefficient (Wildman–Crippen LogP) is 3.55. The van der Waals surface area contributed by atoms with Crippen molar-refractivity contribution in [2.24, 2.45) is 5.10 Å². The fraction of sp³-hybridized carbons (Fsp3) is 0.222. The number of benzene rings is 2. The molecule has 4 nitrogen and oxygen atoms in total. The van der Waals surface area contributed by atoms with Gasteiger partial charge in [0.05, 0.1) is 5.71 Å². The monoisotopic (exact) mass is 295 g/mol. The number of rotatable bonds is 4. The van der Waals surface area contributed by atoms with E-state index in [1.807, 2.05) is 43.3 Å². The molecular weight excluding hydrogens is 274 g/mol. The largest absolute Gasteiger partial charge is 0.399 e. The van der Waals surface area contributed by atoms with E-state index in [1.165, 1.54) is 5.56 Å². The number of hydrazone groups is 1. The molecule has 0 aliphatic carbocycles. The Balaban J connectivity index is 2.05. The molecule has 2 aromatic carbocycles. The van der Waals surface area contributed by atoms with E-state index in [1.54, 1.807) is 12.1 Å². The Hall–Kier alpha value is -2.62. The number of nitrogens with zero attached hydrogens (tertiary/aromatic N) is 1. The molecule has 0 radical (unpaired) electrons. The lowest BCUT2D eigenvalue weighted by atomic mass is 10.0. The zero-order chi connectivity index (χ0) is 16.1. The highest BCUT2D eigenvalue weighted by Gasteiger charge is 2.06. The quantitative estimate of drug-likeness (QED) is 0.514. The molecule has 3 N–H and O–H groups in total. The molecule has 0 heterocycles. The molecule has 0 aromatic heterocycles. The zero-order valence-corrected chi connectivity index (χ0v) is 13.1. The summed E-state index contributed by atoms with van der Waals surface area (Å²) in [7, 11) is 0. The molecule has 0 aliphatic heterocycles. The normalized spacial score (nSPS) is 11.5. The van der Waals surface area contributed by atoms with E-state index in [4.69, 9.17) is 5.73 Å². The van der Waals surface area contributed by atoms with E-state index in [2.05, 4.69) is 24.4 Å². The summed E-state index contributed by atoms with van der Waals surface area (Å²) in [6.07, 6.45) is 0. The van der Waals surface area contributed by atoms with Gasteiger partial charge in [-0.25, -0.2) is 5.43 Å². The number of carbonyl (C=O) groups excluding carboxylic acids is 1. The Kier molecular flexibility index (Phi) is 4.94. The average molecular weight is 295 g/mol. The fourth-order valence-electron chi connectivity index (χ4n) is 2.01. The van der Waals surface area contributed by atoms with Crippen LogP contribution in [0.4, 0.5) is 5.69 Å². The second-order valence-electron chi connectivity index (χ2n) is 5.54. The third-order valence-corrected chi connectivity index (χ3v) is 3.49. The molecule has 2 rings (SSSR count). The van der Waals surface area contributed by atoms with Gasteiger partial charge in [-0.2, -0.15) is 5.10 Å². The highest BCUT2D eigenvalue weighted by Crippen LogP contribution is 2.14. The maximum atomic E-state index is 12.1. The molecule has 2 aromatic rings. The molecule has 0 saturated carbocycles. The van der Waals surface area contributed by atoms with E-state index >= 15 is 0 Å². The summed E-state index contributed by atoms with van der Waals surface area (Å²) in [5.41, 5.74) is 12.4. The van der Waals surface area contributed by atoms with Crippen LogP contribution in [-0.4, -0.2) is 11.6 Å². The maximum absolute atomic E-state index is 12.1. The number of nitrogens with two attached hydrogens (primary N) is 1. The van der Waals surface area contributed by atoms with Gasteiger partial charge in [-0.05, 0) is 48.2 Å². The minimum absolute atomic E-state index is 0.217. The number of carbonyl (C=O) groups is 1. The first-order valence-electron chi connectivity index (χ1n) is 7.28. The first-order chi connectivity index (χ1) is 10.5. The lowest BCUT2D eigenvalue weighted by Gasteiger charge is -2.06. The van der Waals surface area contributed by atoms with Crippen molar-refractivity contribution in [1.82, 2.24) is 5.43 Å². The number of nitrogen functional groups attached to an aromatic ring is 1. The molecular formula is C18H21N3O. The summed E-state index contributed by atoms with van der Waals surface area (Å²) in [5, 5.41) is 4.13. The average Bonchev–Trinajstić information content (AvgIpc) is 2.53. The van der Waals surface area contributed by atoms with Gasteiger partial charge < -0.3 is 5.73 Å². The van der Waals surface area contributed by atoms with Crippen molar-refractivity contribution in [1.29, 1.82) is 0 Å². The smallest absolute Gasteiger partial charge is 0.271 e. The predicted molar refractivity (Wildman–Crippen MR) is 91.1 cm³/mol. The molecule has 0 fully saturated rings. The van der Waals surface area contributed by atoms with Crippen molar-refractivity contribution in [3.05, 3.63) is 65.2 Å². The minimum atomic E-state index is -0.217. The second-order valence-corrected chi connectivity index (χ2v) is 5.54. The first kappa shape index (κ1) is 15.8. The fourth-order valence-corrected chi connectivity index (χ4v) is 2.01. The third-order valence-electron chi connectivity index (χ3n) is 3.49. The van der Waals surface area contributed by atoms with Gasteiger partial charge in [0.1, 0.15) is 0 Å². The van der Waals surface area contributed by atoms with Crippen LogP contribution in [0.3, 0.4) is 0 Å². The number of hydrogen-bond donors (Lipinski definition) is 2. The molecule has 1 amide bonds. The summed E-state index contributed by atoms with van der Waals surface area (Å²) in [6, 6.07) is 14.9. The minimum Gasteiger partial charge on any atom is -0.399 e. The third kappa shape index (κ3) is 3.95. The Labute approximate surface area is 131 Å². The van der Waals surface area contributed by atoms with E-state index in [-0.39, 0.29) is 5.91 Å². The van der Waals surface area contributed by atoms with E-state index in [0.29, 0.717) is 17.2 Å². The lowest BCUT2D eigenvalue weighted by Crippen LogP contribution is -2.19. The molecule has 0 aliphatic rings. The summed E-state index contributed by atoms with van der Waals surface area (Å²) in [6.45, 7) is 6.08. The van der Waals surface area contributed by atoms with E-state index in [0.717, 1.165) is 11.3 Å². The molecule has 0 atom stereocenters. The van der Waals surface area contributed by atoms with Crippen LogP contribution in [0.5, 0.6) is 0 Å². The maximum Gasteiger partial charge on any atom is 0.271 e. The number of anilines is 1. The lowest BCUT2D eigenvalue weighted by molar-refractivity contribution is 0.0955. The van der Waals surface area contributed by atoms with Gasteiger partial charge in [-0.1, -0.05) is 38.1 Å². The van der Waals surface area contributed by atoms with Crippen LogP contribution in [-0.2, 0) is 0 Å².